The molecule has 0 saturated carbocycles. The number of hydrogen-bond acceptors (Lipinski definition) is 10. The van der Waals surface area contributed by atoms with Crippen molar-refractivity contribution in [3.05, 3.63) is 42.1 Å². The van der Waals surface area contributed by atoms with Crippen LogP contribution < -0.4 is 20.1 Å². The minimum absolute atomic E-state index is 0.103. The van der Waals surface area contributed by atoms with E-state index in [0.717, 1.165) is 6.26 Å². The topological polar surface area (TPSA) is 142 Å². The molecule has 0 spiro atoms. The van der Waals surface area contributed by atoms with Crippen LogP contribution in [0, 0.1) is 0 Å². The summed E-state index contributed by atoms with van der Waals surface area (Å²) in [6.07, 6.45) is 2.27. The van der Waals surface area contributed by atoms with Crippen LogP contribution in [0.3, 0.4) is 0 Å². The number of anilines is 3. The summed E-state index contributed by atoms with van der Waals surface area (Å²) in [7, 11) is -2.07. The second-order valence-electron chi connectivity index (χ2n) is 9.35. The molecule has 0 radical (unpaired) electrons. The molecule has 196 valence electrons. The Morgan fingerprint density at radius 1 is 1.16 bits per heavy atom. The molecule has 1 unspecified atom stereocenters. The summed E-state index contributed by atoms with van der Waals surface area (Å²) in [5.74, 6) is 1.14. The number of ether oxygens (including phenoxy) is 3. The first-order chi connectivity index (χ1) is 17.3. The summed E-state index contributed by atoms with van der Waals surface area (Å²) in [5, 5.41) is 5.73. The summed E-state index contributed by atoms with van der Waals surface area (Å²) in [4.78, 5) is 24.9. The highest BCUT2D eigenvalue weighted by Gasteiger charge is 2.29. The molecule has 0 fully saturated rings. The van der Waals surface area contributed by atoms with Crippen molar-refractivity contribution in [1.82, 2.24) is 15.0 Å². The molecule has 4 rings (SSSR count). The highest BCUT2D eigenvalue weighted by molar-refractivity contribution is 7.90. The molecule has 4 heterocycles. The number of nitrogens with zero attached hydrogens (tertiary/aromatic N) is 3. The van der Waals surface area contributed by atoms with Crippen molar-refractivity contribution >= 4 is 33.1 Å². The molecule has 1 aliphatic heterocycles. The van der Waals surface area contributed by atoms with E-state index < -0.39 is 15.4 Å². The van der Waals surface area contributed by atoms with E-state index in [9.17, 15) is 13.2 Å². The van der Waals surface area contributed by atoms with Crippen molar-refractivity contribution < 1.29 is 27.4 Å². The van der Waals surface area contributed by atoms with E-state index in [0.29, 0.717) is 46.6 Å². The lowest BCUT2D eigenvalue weighted by molar-refractivity contribution is -0.114. The maximum atomic E-state index is 12.3. The number of rotatable bonds is 7. The lowest BCUT2D eigenvalue weighted by Crippen LogP contribution is -2.39. The van der Waals surface area contributed by atoms with Crippen molar-refractivity contribution in [3.63, 3.8) is 0 Å². The third kappa shape index (κ3) is 6.15. The van der Waals surface area contributed by atoms with Gasteiger partial charge in [0.05, 0.1) is 17.5 Å². The number of fused-ring (bicyclic) bond motifs is 1. The Bertz CT molecular complexity index is 1460. The molecule has 0 aliphatic carbocycles. The Balaban J connectivity index is 1.82. The largest absolute Gasteiger partial charge is 0.484 e. The van der Waals surface area contributed by atoms with Crippen LogP contribution in [0.4, 0.5) is 17.3 Å². The van der Waals surface area contributed by atoms with Crippen LogP contribution in [-0.2, 0) is 19.4 Å². The van der Waals surface area contributed by atoms with Gasteiger partial charge in [0.25, 0.3) is 5.88 Å². The summed E-state index contributed by atoms with van der Waals surface area (Å²) < 4.78 is 41.8. The monoisotopic (exact) mass is 527 g/mol. The average molecular weight is 528 g/mol. The van der Waals surface area contributed by atoms with Gasteiger partial charge in [0.1, 0.15) is 23.8 Å². The Labute approximate surface area is 215 Å². The van der Waals surface area contributed by atoms with Gasteiger partial charge in [-0.2, -0.15) is 0 Å². The first-order valence-electron chi connectivity index (χ1n) is 11.5. The van der Waals surface area contributed by atoms with Crippen LogP contribution in [0.2, 0.25) is 0 Å². The van der Waals surface area contributed by atoms with E-state index in [1.807, 2.05) is 13.8 Å². The summed E-state index contributed by atoms with van der Waals surface area (Å²) in [5.41, 5.74) is 1.65. The molecule has 2 N–H and O–H groups in total. The number of carbonyl (C=O) groups is 1. The highest BCUT2D eigenvalue weighted by atomic mass is 32.2. The molecule has 1 amide bonds. The number of carbonyl (C=O) groups excluding carboxylic acids is 1. The maximum Gasteiger partial charge on any atom is 0.258 e. The van der Waals surface area contributed by atoms with Gasteiger partial charge in [-0.05, 0) is 50.6 Å². The minimum Gasteiger partial charge on any atom is -0.484 e. The van der Waals surface area contributed by atoms with Gasteiger partial charge in [0.2, 0.25) is 5.91 Å². The number of nitrogens with one attached hydrogen (secondary N) is 2. The molecule has 11 nitrogen and oxygen atoms in total. The number of aromatic nitrogens is 3. The predicted molar refractivity (Wildman–Crippen MR) is 138 cm³/mol. The Morgan fingerprint density at radius 3 is 2.59 bits per heavy atom. The molecular weight excluding hydrogens is 498 g/mol. The van der Waals surface area contributed by atoms with Gasteiger partial charge < -0.3 is 24.8 Å². The van der Waals surface area contributed by atoms with Crippen molar-refractivity contribution in [2.75, 3.05) is 30.6 Å². The van der Waals surface area contributed by atoms with Crippen LogP contribution in [0.25, 0.3) is 11.3 Å². The van der Waals surface area contributed by atoms with Gasteiger partial charge in [-0.1, -0.05) is 0 Å². The fourth-order valence-electron chi connectivity index (χ4n) is 3.60. The molecule has 0 saturated heterocycles. The Kier molecular flexibility index (Phi) is 7.07. The van der Waals surface area contributed by atoms with Crippen LogP contribution in [0.1, 0.15) is 39.4 Å². The molecule has 0 bridgehead atoms. The second-order valence-corrected chi connectivity index (χ2v) is 11.3. The normalized spacial score (nSPS) is 15.1. The van der Waals surface area contributed by atoms with Crippen LogP contribution in [0.5, 0.6) is 11.6 Å². The third-order valence-electron chi connectivity index (χ3n) is 5.55. The van der Waals surface area contributed by atoms with Crippen LogP contribution in [-0.4, -0.2) is 54.9 Å². The summed E-state index contributed by atoms with van der Waals surface area (Å²) in [6, 6.07) is 8.33. The van der Waals surface area contributed by atoms with Gasteiger partial charge in [-0.3, -0.25) is 4.79 Å². The number of methoxy groups -OCH3 is 1. The second kappa shape index (κ2) is 9.94. The SMILES string of the molecule is COC(C)c1cc(Nc2cc(NC(C)=O)ncc2-c2ccc3c(n2)OC(C)(C)CO3)nc(S(C)(=O)=O)c1. The Morgan fingerprint density at radius 2 is 1.92 bits per heavy atom. The lowest BCUT2D eigenvalue weighted by atomic mass is 10.1. The number of pyridine rings is 3. The smallest absolute Gasteiger partial charge is 0.258 e. The van der Waals surface area contributed by atoms with Gasteiger partial charge >= 0.3 is 0 Å². The van der Waals surface area contributed by atoms with E-state index in [-0.39, 0.29) is 22.9 Å². The maximum absolute atomic E-state index is 12.3. The number of hydrogen-bond donors (Lipinski definition) is 2. The van der Waals surface area contributed by atoms with Crippen molar-refractivity contribution in [2.24, 2.45) is 0 Å². The lowest BCUT2D eigenvalue weighted by Gasteiger charge is -2.31. The first-order valence-corrected chi connectivity index (χ1v) is 13.4. The average Bonchev–Trinajstić information content (AvgIpc) is 2.81. The summed E-state index contributed by atoms with van der Waals surface area (Å²) in [6.45, 7) is 7.38. The van der Waals surface area contributed by atoms with Crippen molar-refractivity contribution in [3.8, 4) is 22.9 Å². The summed E-state index contributed by atoms with van der Waals surface area (Å²) >= 11 is 0. The molecule has 1 atom stereocenters. The zero-order chi connectivity index (χ0) is 27.0. The zero-order valence-corrected chi connectivity index (χ0v) is 22.3. The van der Waals surface area contributed by atoms with Crippen LogP contribution >= 0.6 is 0 Å². The molecule has 0 aromatic carbocycles. The molecule has 3 aromatic rings. The molecular formula is C25H29N5O6S. The quantitative estimate of drug-likeness (QED) is 0.464. The van der Waals surface area contributed by atoms with E-state index in [4.69, 9.17) is 14.2 Å². The zero-order valence-electron chi connectivity index (χ0n) is 21.4. The van der Waals surface area contributed by atoms with Gasteiger partial charge in [0, 0.05) is 38.1 Å². The molecule has 12 heteroatoms. The molecule has 37 heavy (non-hydrogen) atoms. The van der Waals surface area contributed by atoms with Crippen molar-refractivity contribution in [2.45, 2.75) is 44.4 Å². The van der Waals surface area contributed by atoms with Gasteiger partial charge in [-0.15, -0.1) is 0 Å². The van der Waals surface area contributed by atoms with Crippen LogP contribution in [0.15, 0.2) is 41.6 Å². The molecule has 1 aliphatic rings. The minimum atomic E-state index is -3.61. The first kappa shape index (κ1) is 26.3. The van der Waals surface area contributed by atoms with E-state index in [1.54, 1.807) is 37.4 Å². The number of sulfone groups is 1. The molecule has 3 aromatic heterocycles. The van der Waals surface area contributed by atoms with E-state index in [1.165, 1.54) is 20.1 Å². The van der Waals surface area contributed by atoms with Crippen molar-refractivity contribution in [1.29, 1.82) is 0 Å². The van der Waals surface area contributed by atoms with Gasteiger partial charge in [-0.25, -0.2) is 23.4 Å². The van der Waals surface area contributed by atoms with E-state index in [2.05, 4.69) is 25.6 Å². The van der Waals surface area contributed by atoms with Gasteiger partial charge in [0.15, 0.2) is 20.6 Å². The Hall–Kier alpha value is -3.77. The highest BCUT2D eigenvalue weighted by Crippen LogP contribution is 2.38. The number of amides is 1. The third-order valence-corrected chi connectivity index (χ3v) is 6.52. The fourth-order valence-corrected chi connectivity index (χ4v) is 4.22. The van der Waals surface area contributed by atoms with E-state index >= 15 is 0 Å². The fraction of sp³-hybridized carbons (Fsp3) is 0.360. The predicted octanol–water partition coefficient (Wildman–Crippen LogP) is 3.90. The standard InChI is InChI=1S/C25H29N5O6S/c1-14(34-5)16-9-22(30-23(10-16)37(6,32)33)28-19-11-21(27-15(2)31)26-12-17(19)18-7-8-20-24(29-18)36-25(3,4)13-35-20/h7-12,14H,13H2,1-6H3,(H2,26,27,28,30,31).